The maximum atomic E-state index is 10.2. The summed E-state index contributed by atoms with van der Waals surface area (Å²) in [7, 11) is 0. The highest BCUT2D eigenvalue weighted by atomic mass is 16.5. The number of pyridine rings is 1. The molecule has 0 aliphatic rings. The van der Waals surface area contributed by atoms with Gasteiger partial charge in [-0.2, -0.15) is 0 Å². The molecule has 4 heteroatoms. The second-order valence-corrected chi connectivity index (χ2v) is 4.77. The number of rotatable bonds is 8. The van der Waals surface area contributed by atoms with E-state index in [4.69, 9.17) is 9.47 Å². The second kappa shape index (κ2) is 8.27. The normalized spacial score (nSPS) is 11.9. The molecule has 0 aliphatic carbocycles. The van der Waals surface area contributed by atoms with Crippen LogP contribution in [0, 0.1) is 0 Å². The zero-order chi connectivity index (χ0) is 14.9. The summed E-state index contributed by atoms with van der Waals surface area (Å²) in [4.78, 5) is 4.10. The smallest absolute Gasteiger partial charge is 0.137 e. The first-order valence-electron chi connectivity index (χ1n) is 7.23. The van der Waals surface area contributed by atoms with Gasteiger partial charge in [0.2, 0.25) is 0 Å². The van der Waals surface area contributed by atoms with E-state index in [9.17, 15) is 5.11 Å². The van der Waals surface area contributed by atoms with Crippen LogP contribution in [0.4, 0.5) is 0 Å². The lowest BCUT2D eigenvalue weighted by Crippen LogP contribution is -2.06. The van der Waals surface area contributed by atoms with Crippen molar-refractivity contribution in [1.82, 2.24) is 4.98 Å². The van der Waals surface area contributed by atoms with Crippen molar-refractivity contribution in [2.75, 3.05) is 13.2 Å². The van der Waals surface area contributed by atoms with E-state index in [1.165, 1.54) is 0 Å². The van der Waals surface area contributed by atoms with Crippen LogP contribution in [0.25, 0.3) is 0 Å². The number of aromatic nitrogens is 1. The number of hydrogen-bond acceptors (Lipinski definition) is 4. The first kappa shape index (κ1) is 15.3. The number of aliphatic hydroxyl groups excluding tert-OH is 1. The number of para-hydroxylation sites is 1. The van der Waals surface area contributed by atoms with Gasteiger partial charge < -0.3 is 14.6 Å². The maximum Gasteiger partial charge on any atom is 0.137 e. The Labute approximate surface area is 125 Å². The van der Waals surface area contributed by atoms with Crippen molar-refractivity contribution in [1.29, 1.82) is 0 Å². The maximum absolute atomic E-state index is 10.2. The van der Waals surface area contributed by atoms with Gasteiger partial charge in [0.15, 0.2) is 0 Å². The van der Waals surface area contributed by atoms with Crippen LogP contribution in [0.15, 0.2) is 48.8 Å². The lowest BCUT2D eigenvalue weighted by molar-refractivity contribution is 0.140. The summed E-state index contributed by atoms with van der Waals surface area (Å²) in [5, 5.41) is 10.2. The van der Waals surface area contributed by atoms with Crippen molar-refractivity contribution in [3.05, 3.63) is 54.4 Å². The predicted octanol–water partition coefficient (Wildman–Crippen LogP) is 3.37. The molecule has 1 heterocycles. The van der Waals surface area contributed by atoms with Crippen molar-refractivity contribution in [3.8, 4) is 11.5 Å². The molecule has 1 unspecified atom stereocenters. The highest BCUT2D eigenvalue weighted by Crippen LogP contribution is 2.21. The Balaban J connectivity index is 1.83. The number of ether oxygens (including phenoxy) is 2. The minimum Gasteiger partial charge on any atom is -0.493 e. The Hall–Kier alpha value is -2.07. The van der Waals surface area contributed by atoms with Gasteiger partial charge >= 0.3 is 0 Å². The van der Waals surface area contributed by atoms with E-state index >= 15 is 0 Å². The highest BCUT2D eigenvalue weighted by molar-refractivity contribution is 5.25. The Morgan fingerprint density at radius 3 is 2.57 bits per heavy atom. The van der Waals surface area contributed by atoms with Crippen LogP contribution in [0.5, 0.6) is 11.5 Å². The minimum atomic E-state index is -0.605. The average Bonchev–Trinajstić information content (AvgIpc) is 2.54. The predicted molar refractivity (Wildman–Crippen MR) is 81.5 cm³/mol. The first-order valence-corrected chi connectivity index (χ1v) is 7.23. The van der Waals surface area contributed by atoms with Crippen LogP contribution in [-0.2, 0) is 0 Å². The van der Waals surface area contributed by atoms with Gasteiger partial charge in [-0.25, -0.2) is 0 Å². The summed E-state index contributed by atoms with van der Waals surface area (Å²) in [6.45, 7) is 3.15. The summed E-state index contributed by atoms with van der Waals surface area (Å²) >= 11 is 0. The van der Waals surface area contributed by atoms with Crippen molar-refractivity contribution in [2.45, 2.75) is 25.9 Å². The summed E-state index contributed by atoms with van der Waals surface area (Å²) < 4.78 is 11.1. The lowest BCUT2D eigenvalue weighted by atomic mass is 10.1. The van der Waals surface area contributed by atoms with Gasteiger partial charge in [-0.05, 0) is 24.6 Å². The fourth-order valence-electron chi connectivity index (χ4n) is 1.89. The van der Waals surface area contributed by atoms with Crippen LogP contribution < -0.4 is 9.47 Å². The Kier molecular flexibility index (Phi) is 6.03. The molecule has 0 fully saturated rings. The molecule has 0 spiro atoms. The van der Waals surface area contributed by atoms with Gasteiger partial charge in [0.25, 0.3) is 0 Å². The molecule has 112 valence electrons. The monoisotopic (exact) mass is 287 g/mol. The van der Waals surface area contributed by atoms with Crippen LogP contribution >= 0.6 is 0 Å². The van der Waals surface area contributed by atoms with Crippen LogP contribution in [-0.4, -0.2) is 23.3 Å². The van der Waals surface area contributed by atoms with Gasteiger partial charge in [0.1, 0.15) is 11.5 Å². The largest absolute Gasteiger partial charge is 0.493 e. The van der Waals surface area contributed by atoms with E-state index in [1.807, 2.05) is 43.3 Å². The number of nitrogens with zero attached hydrogens (tertiary/aromatic N) is 1. The van der Waals surface area contributed by atoms with E-state index in [0.29, 0.717) is 25.4 Å². The molecular weight excluding hydrogens is 266 g/mol. The molecule has 0 saturated heterocycles. The number of aliphatic hydroxyl groups is 1. The molecule has 1 N–H and O–H groups in total. The molecule has 0 bridgehead atoms. The third kappa shape index (κ3) is 5.08. The Morgan fingerprint density at radius 2 is 1.81 bits per heavy atom. The highest BCUT2D eigenvalue weighted by Gasteiger charge is 2.09. The SMILES string of the molecule is CCCOc1cncc(C(O)CCOc2ccccc2)c1. The Bertz CT molecular complexity index is 531. The van der Waals surface area contributed by atoms with E-state index < -0.39 is 6.10 Å². The van der Waals surface area contributed by atoms with E-state index in [1.54, 1.807) is 12.4 Å². The topological polar surface area (TPSA) is 51.6 Å². The van der Waals surface area contributed by atoms with Gasteiger partial charge in [-0.3, -0.25) is 4.98 Å². The van der Waals surface area contributed by atoms with E-state index in [-0.39, 0.29) is 0 Å². The molecule has 2 rings (SSSR count). The third-order valence-corrected chi connectivity index (χ3v) is 3.00. The van der Waals surface area contributed by atoms with Crippen LogP contribution in [0.1, 0.15) is 31.4 Å². The van der Waals surface area contributed by atoms with Gasteiger partial charge in [0.05, 0.1) is 25.5 Å². The molecule has 0 amide bonds. The lowest BCUT2D eigenvalue weighted by Gasteiger charge is -2.13. The zero-order valence-corrected chi connectivity index (χ0v) is 12.2. The Morgan fingerprint density at radius 1 is 1.05 bits per heavy atom. The van der Waals surface area contributed by atoms with Gasteiger partial charge in [-0.1, -0.05) is 25.1 Å². The van der Waals surface area contributed by atoms with Crippen LogP contribution in [0.3, 0.4) is 0 Å². The van der Waals surface area contributed by atoms with Crippen molar-refractivity contribution >= 4 is 0 Å². The molecule has 2 aromatic rings. The molecule has 1 aromatic heterocycles. The molecule has 21 heavy (non-hydrogen) atoms. The molecule has 0 radical (unpaired) electrons. The average molecular weight is 287 g/mol. The summed E-state index contributed by atoms with van der Waals surface area (Å²) in [5.41, 5.74) is 0.750. The van der Waals surface area contributed by atoms with Crippen LogP contribution in [0.2, 0.25) is 0 Å². The molecule has 0 aliphatic heterocycles. The van der Waals surface area contributed by atoms with Crippen molar-refractivity contribution < 1.29 is 14.6 Å². The fraction of sp³-hybridized carbons (Fsp3) is 0.353. The molecule has 1 atom stereocenters. The summed E-state index contributed by atoms with van der Waals surface area (Å²) in [6, 6.07) is 11.4. The summed E-state index contributed by atoms with van der Waals surface area (Å²) in [5.74, 6) is 1.50. The quantitative estimate of drug-likeness (QED) is 0.808. The fourth-order valence-corrected chi connectivity index (χ4v) is 1.89. The van der Waals surface area contributed by atoms with Gasteiger partial charge in [0, 0.05) is 18.2 Å². The number of benzene rings is 1. The molecule has 1 aromatic carbocycles. The number of hydrogen-bond donors (Lipinski definition) is 1. The minimum absolute atomic E-state index is 0.450. The van der Waals surface area contributed by atoms with Gasteiger partial charge in [-0.15, -0.1) is 0 Å². The standard InChI is InChI=1S/C17H21NO3/c1-2-9-20-16-11-14(12-18-13-16)17(19)8-10-21-15-6-4-3-5-7-15/h3-7,11-13,17,19H,2,8-10H2,1H3. The van der Waals surface area contributed by atoms with E-state index in [0.717, 1.165) is 17.7 Å². The first-order chi connectivity index (χ1) is 10.3. The van der Waals surface area contributed by atoms with Crippen molar-refractivity contribution in [2.24, 2.45) is 0 Å². The van der Waals surface area contributed by atoms with Crippen molar-refractivity contribution in [3.63, 3.8) is 0 Å². The van der Waals surface area contributed by atoms with E-state index in [2.05, 4.69) is 4.98 Å². The molecular formula is C17H21NO3. The molecule has 0 saturated carbocycles. The zero-order valence-electron chi connectivity index (χ0n) is 12.2. The molecule has 4 nitrogen and oxygen atoms in total. The summed E-state index contributed by atoms with van der Waals surface area (Å²) in [6.07, 6.45) is 4.16. The third-order valence-electron chi connectivity index (χ3n) is 3.00. The second-order valence-electron chi connectivity index (χ2n) is 4.77.